The Kier molecular flexibility index (Phi) is 8.72. The Morgan fingerprint density at radius 2 is 1.90 bits per heavy atom. The monoisotopic (exact) mass is 294 g/mol. The number of anilines is 1. The second kappa shape index (κ2) is 10.4. The van der Waals surface area contributed by atoms with Gasteiger partial charge in [-0.05, 0) is 31.4 Å². The molecule has 0 fully saturated rings. The zero-order valence-corrected chi connectivity index (χ0v) is 12.7. The van der Waals surface area contributed by atoms with Gasteiger partial charge in [0.1, 0.15) is 5.82 Å². The maximum atomic E-state index is 11.7. The van der Waals surface area contributed by atoms with Gasteiger partial charge in [-0.15, -0.1) is 6.58 Å². The quantitative estimate of drug-likeness (QED) is 0.488. The molecule has 0 unspecified atom stereocenters. The van der Waals surface area contributed by atoms with Gasteiger partial charge in [0.25, 0.3) is 0 Å². The second-order valence-electron chi connectivity index (χ2n) is 4.86. The van der Waals surface area contributed by atoms with Gasteiger partial charge in [0.05, 0.1) is 5.02 Å². The Morgan fingerprint density at radius 1 is 1.20 bits per heavy atom. The van der Waals surface area contributed by atoms with Gasteiger partial charge in [-0.3, -0.25) is 4.79 Å². The third-order valence-electron chi connectivity index (χ3n) is 3.06. The van der Waals surface area contributed by atoms with Crippen LogP contribution in [0, 0.1) is 0 Å². The summed E-state index contributed by atoms with van der Waals surface area (Å²) in [5.74, 6) is 0.579. The lowest BCUT2D eigenvalue weighted by atomic mass is 10.1. The maximum absolute atomic E-state index is 11.7. The van der Waals surface area contributed by atoms with Gasteiger partial charge in [0.2, 0.25) is 5.91 Å². The molecule has 1 N–H and O–H groups in total. The highest BCUT2D eigenvalue weighted by atomic mass is 35.5. The van der Waals surface area contributed by atoms with E-state index in [2.05, 4.69) is 16.9 Å². The van der Waals surface area contributed by atoms with Gasteiger partial charge < -0.3 is 5.32 Å². The zero-order chi connectivity index (χ0) is 14.6. The van der Waals surface area contributed by atoms with Crippen LogP contribution in [-0.2, 0) is 4.79 Å². The summed E-state index contributed by atoms with van der Waals surface area (Å²) in [5.41, 5.74) is 0. The lowest BCUT2D eigenvalue weighted by Crippen LogP contribution is -2.11. The molecular formula is C16H23ClN2O. The van der Waals surface area contributed by atoms with Crippen molar-refractivity contribution in [3.8, 4) is 0 Å². The third kappa shape index (κ3) is 7.95. The first-order valence-corrected chi connectivity index (χ1v) is 7.62. The van der Waals surface area contributed by atoms with E-state index in [0.717, 1.165) is 19.3 Å². The van der Waals surface area contributed by atoms with Crippen LogP contribution in [-0.4, -0.2) is 10.9 Å². The van der Waals surface area contributed by atoms with Gasteiger partial charge in [0.15, 0.2) is 0 Å². The highest BCUT2D eigenvalue weighted by Crippen LogP contribution is 2.11. The van der Waals surface area contributed by atoms with Gasteiger partial charge in [-0.2, -0.15) is 0 Å². The minimum absolute atomic E-state index is 0.0199. The molecule has 0 aliphatic carbocycles. The van der Waals surface area contributed by atoms with E-state index in [4.69, 9.17) is 11.6 Å². The smallest absolute Gasteiger partial charge is 0.225 e. The van der Waals surface area contributed by atoms with Crippen molar-refractivity contribution >= 4 is 23.3 Å². The fourth-order valence-electron chi connectivity index (χ4n) is 1.94. The molecule has 0 bridgehead atoms. The molecule has 0 spiro atoms. The van der Waals surface area contributed by atoms with E-state index in [1.54, 1.807) is 12.1 Å². The summed E-state index contributed by atoms with van der Waals surface area (Å²) in [5, 5.41) is 3.34. The molecule has 1 rings (SSSR count). The van der Waals surface area contributed by atoms with Crippen molar-refractivity contribution < 1.29 is 4.79 Å². The number of allylic oxidation sites excluding steroid dienone is 1. The van der Waals surface area contributed by atoms with Gasteiger partial charge in [-0.25, -0.2) is 4.98 Å². The highest BCUT2D eigenvalue weighted by Gasteiger charge is 2.03. The summed E-state index contributed by atoms with van der Waals surface area (Å²) in [6.07, 6.45) is 12.1. The molecular weight excluding hydrogens is 272 g/mol. The van der Waals surface area contributed by atoms with Crippen LogP contribution in [0.15, 0.2) is 31.0 Å². The van der Waals surface area contributed by atoms with E-state index < -0.39 is 0 Å². The molecule has 3 nitrogen and oxygen atoms in total. The van der Waals surface area contributed by atoms with E-state index in [1.165, 1.54) is 31.9 Å². The lowest BCUT2D eigenvalue weighted by Gasteiger charge is -2.04. The topological polar surface area (TPSA) is 42.0 Å². The van der Waals surface area contributed by atoms with Crippen LogP contribution >= 0.6 is 11.6 Å². The minimum atomic E-state index is 0.0199. The Labute approximate surface area is 126 Å². The molecule has 0 radical (unpaired) electrons. The van der Waals surface area contributed by atoms with Crippen molar-refractivity contribution in [1.29, 1.82) is 0 Å². The number of hydrogen-bond donors (Lipinski definition) is 1. The Hall–Kier alpha value is -1.35. The average Bonchev–Trinajstić information content (AvgIpc) is 2.44. The molecule has 1 heterocycles. The summed E-state index contributed by atoms with van der Waals surface area (Å²) in [6, 6.07) is 3.42. The summed E-state index contributed by atoms with van der Waals surface area (Å²) < 4.78 is 0. The number of amides is 1. The first-order valence-electron chi connectivity index (χ1n) is 7.24. The first-order chi connectivity index (χ1) is 9.72. The van der Waals surface area contributed by atoms with Crippen LogP contribution < -0.4 is 5.32 Å². The molecule has 0 atom stereocenters. The Bertz CT molecular complexity index is 403. The van der Waals surface area contributed by atoms with Crippen LogP contribution in [0.2, 0.25) is 5.02 Å². The molecule has 110 valence electrons. The van der Waals surface area contributed by atoms with Crippen LogP contribution in [0.25, 0.3) is 0 Å². The average molecular weight is 295 g/mol. The standard InChI is InChI=1S/C16H23ClN2O/c1-2-3-4-5-6-7-8-9-10-16(20)19-15-12-11-14(17)13-18-15/h2,11-13H,1,3-10H2,(H,18,19,20). The molecule has 0 aromatic carbocycles. The van der Waals surface area contributed by atoms with Crippen LogP contribution in [0.1, 0.15) is 51.4 Å². The first kappa shape index (κ1) is 16.7. The van der Waals surface area contributed by atoms with Crippen molar-refractivity contribution in [2.45, 2.75) is 51.4 Å². The highest BCUT2D eigenvalue weighted by molar-refractivity contribution is 6.30. The Balaban J connectivity index is 2.03. The van der Waals surface area contributed by atoms with Gasteiger partial charge >= 0.3 is 0 Å². The molecule has 1 aromatic rings. The summed E-state index contributed by atoms with van der Waals surface area (Å²) in [4.78, 5) is 15.7. The number of unbranched alkanes of at least 4 members (excludes halogenated alkanes) is 6. The number of nitrogens with one attached hydrogen (secondary N) is 1. The number of rotatable bonds is 10. The van der Waals surface area contributed by atoms with E-state index in [9.17, 15) is 4.79 Å². The number of aromatic nitrogens is 1. The maximum Gasteiger partial charge on any atom is 0.225 e. The van der Waals surface area contributed by atoms with E-state index in [0.29, 0.717) is 17.3 Å². The van der Waals surface area contributed by atoms with Crippen molar-refractivity contribution in [3.63, 3.8) is 0 Å². The molecule has 0 aliphatic rings. The minimum Gasteiger partial charge on any atom is -0.311 e. The van der Waals surface area contributed by atoms with Crippen LogP contribution in [0.5, 0.6) is 0 Å². The normalized spacial score (nSPS) is 10.2. The largest absolute Gasteiger partial charge is 0.311 e. The molecule has 0 saturated heterocycles. The van der Waals surface area contributed by atoms with E-state index in [-0.39, 0.29) is 5.91 Å². The number of hydrogen-bond acceptors (Lipinski definition) is 2. The fraction of sp³-hybridized carbons (Fsp3) is 0.500. The number of carbonyl (C=O) groups excluding carboxylic acids is 1. The predicted molar refractivity (Wildman–Crippen MR) is 85.0 cm³/mol. The fourth-order valence-corrected chi connectivity index (χ4v) is 2.05. The van der Waals surface area contributed by atoms with Crippen LogP contribution in [0.3, 0.4) is 0 Å². The number of halogens is 1. The molecule has 0 aliphatic heterocycles. The molecule has 1 amide bonds. The number of pyridine rings is 1. The zero-order valence-electron chi connectivity index (χ0n) is 11.9. The van der Waals surface area contributed by atoms with Crippen molar-refractivity contribution in [3.05, 3.63) is 36.0 Å². The summed E-state index contributed by atoms with van der Waals surface area (Å²) >= 11 is 5.73. The number of nitrogens with zero attached hydrogens (tertiary/aromatic N) is 1. The second-order valence-corrected chi connectivity index (χ2v) is 5.29. The van der Waals surface area contributed by atoms with Gasteiger partial charge in [-0.1, -0.05) is 43.4 Å². The van der Waals surface area contributed by atoms with Crippen molar-refractivity contribution in [2.75, 3.05) is 5.32 Å². The molecule has 20 heavy (non-hydrogen) atoms. The van der Waals surface area contributed by atoms with Gasteiger partial charge in [0, 0.05) is 12.6 Å². The van der Waals surface area contributed by atoms with E-state index in [1.807, 2.05) is 6.08 Å². The number of carbonyl (C=O) groups is 1. The molecule has 0 saturated carbocycles. The Morgan fingerprint density at radius 3 is 2.55 bits per heavy atom. The SMILES string of the molecule is C=CCCCCCCCCC(=O)Nc1ccc(Cl)cn1. The van der Waals surface area contributed by atoms with Crippen molar-refractivity contribution in [2.24, 2.45) is 0 Å². The lowest BCUT2D eigenvalue weighted by molar-refractivity contribution is -0.116. The van der Waals surface area contributed by atoms with Crippen LogP contribution in [0.4, 0.5) is 5.82 Å². The van der Waals surface area contributed by atoms with Crippen molar-refractivity contribution in [1.82, 2.24) is 4.98 Å². The summed E-state index contributed by atoms with van der Waals surface area (Å²) in [7, 11) is 0. The van der Waals surface area contributed by atoms with E-state index >= 15 is 0 Å². The third-order valence-corrected chi connectivity index (χ3v) is 3.28. The summed E-state index contributed by atoms with van der Waals surface area (Å²) in [6.45, 7) is 3.71. The molecule has 4 heteroatoms. The predicted octanol–water partition coefficient (Wildman–Crippen LogP) is 4.98. The molecule has 1 aromatic heterocycles.